The first kappa shape index (κ1) is 23.6. The van der Waals surface area contributed by atoms with E-state index in [-0.39, 0.29) is 23.3 Å². The standard InChI is InChI=1S/C24H30N4O3S2/c1-3-4-11-28(14-18-8-6-5-7-9-18)24(29)21-17(2)20-22(26-16-27-23(20)32-21)25-13-19-10-12-33(30,31)15-19/h5-9,16,19H,3-4,10-15H2,1-2H3,(H,25,26,27)/t19-/m1/s1. The number of carbonyl (C=O) groups is 1. The molecule has 176 valence electrons. The third-order valence-electron chi connectivity index (χ3n) is 6.09. The zero-order valence-corrected chi connectivity index (χ0v) is 20.7. The lowest BCUT2D eigenvalue weighted by Crippen LogP contribution is -2.31. The van der Waals surface area contributed by atoms with Gasteiger partial charge < -0.3 is 10.2 Å². The van der Waals surface area contributed by atoms with Gasteiger partial charge in [0, 0.05) is 19.6 Å². The summed E-state index contributed by atoms with van der Waals surface area (Å²) in [5.74, 6) is 1.23. The number of fused-ring (bicyclic) bond motifs is 1. The summed E-state index contributed by atoms with van der Waals surface area (Å²) >= 11 is 1.40. The highest BCUT2D eigenvalue weighted by molar-refractivity contribution is 7.91. The summed E-state index contributed by atoms with van der Waals surface area (Å²) in [7, 11) is -2.92. The van der Waals surface area contributed by atoms with Crippen LogP contribution in [-0.2, 0) is 16.4 Å². The number of thiophene rings is 1. The molecule has 0 bridgehead atoms. The maximum atomic E-state index is 13.6. The molecule has 33 heavy (non-hydrogen) atoms. The van der Waals surface area contributed by atoms with Gasteiger partial charge >= 0.3 is 0 Å². The minimum Gasteiger partial charge on any atom is -0.369 e. The van der Waals surface area contributed by atoms with Crippen molar-refractivity contribution in [1.29, 1.82) is 0 Å². The van der Waals surface area contributed by atoms with Gasteiger partial charge in [0.2, 0.25) is 0 Å². The Kier molecular flexibility index (Phi) is 7.29. The smallest absolute Gasteiger partial charge is 0.264 e. The van der Waals surface area contributed by atoms with Crippen LogP contribution >= 0.6 is 11.3 Å². The van der Waals surface area contributed by atoms with Crippen molar-refractivity contribution in [3.63, 3.8) is 0 Å². The van der Waals surface area contributed by atoms with Gasteiger partial charge in [0.05, 0.1) is 21.8 Å². The van der Waals surface area contributed by atoms with Gasteiger partial charge in [0.1, 0.15) is 17.0 Å². The van der Waals surface area contributed by atoms with Gasteiger partial charge in [0.25, 0.3) is 5.91 Å². The molecule has 1 aliphatic rings. The first-order valence-electron chi connectivity index (χ1n) is 11.4. The molecule has 0 unspecified atom stereocenters. The molecule has 9 heteroatoms. The number of carbonyl (C=O) groups excluding carboxylic acids is 1. The molecule has 3 heterocycles. The topological polar surface area (TPSA) is 92.3 Å². The van der Waals surface area contributed by atoms with Crippen LogP contribution in [0.25, 0.3) is 10.2 Å². The second-order valence-corrected chi connectivity index (χ2v) is 11.9. The van der Waals surface area contributed by atoms with E-state index in [0.717, 1.165) is 34.2 Å². The van der Waals surface area contributed by atoms with E-state index >= 15 is 0 Å². The van der Waals surface area contributed by atoms with E-state index in [1.807, 2.05) is 42.2 Å². The van der Waals surface area contributed by atoms with Crippen LogP contribution in [0.1, 0.15) is 47.0 Å². The highest BCUT2D eigenvalue weighted by Crippen LogP contribution is 2.34. The zero-order chi connectivity index (χ0) is 23.4. The number of aryl methyl sites for hydroxylation is 1. The van der Waals surface area contributed by atoms with Crippen LogP contribution in [0.5, 0.6) is 0 Å². The van der Waals surface area contributed by atoms with Gasteiger partial charge in [0.15, 0.2) is 9.84 Å². The van der Waals surface area contributed by atoms with E-state index in [4.69, 9.17) is 0 Å². The second-order valence-electron chi connectivity index (χ2n) is 8.67. The molecule has 1 atom stereocenters. The van der Waals surface area contributed by atoms with E-state index in [9.17, 15) is 13.2 Å². The van der Waals surface area contributed by atoms with Crippen LogP contribution in [0.3, 0.4) is 0 Å². The molecule has 1 N–H and O–H groups in total. The number of nitrogens with zero attached hydrogens (tertiary/aromatic N) is 3. The van der Waals surface area contributed by atoms with Crippen molar-refractivity contribution in [2.75, 3.05) is 29.9 Å². The minimum absolute atomic E-state index is 0.0145. The van der Waals surface area contributed by atoms with Crippen LogP contribution < -0.4 is 5.32 Å². The highest BCUT2D eigenvalue weighted by atomic mass is 32.2. The molecular weight excluding hydrogens is 456 g/mol. The Morgan fingerprint density at radius 2 is 2.03 bits per heavy atom. The van der Waals surface area contributed by atoms with Crippen molar-refractivity contribution in [3.8, 4) is 0 Å². The molecule has 0 radical (unpaired) electrons. The van der Waals surface area contributed by atoms with Crippen molar-refractivity contribution < 1.29 is 13.2 Å². The van der Waals surface area contributed by atoms with Crippen LogP contribution in [0, 0.1) is 12.8 Å². The molecule has 0 spiro atoms. The zero-order valence-electron chi connectivity index (χ0n) is 19.1. The van der Waals surface area contributed by atoms with E-state index < -0.39 is 9.84 Å². The summed E-state index contributed by atoms with van der Waals surface area (Å²) in [5.41, 5.74) is 1.98. The van der Waals surface area contributed by atoms with Crippen molar-refractivity contribution in [2.24, 2.45) is 5.92 Å². The van der Waals surface area contributed by atoms with Crippen LogP contribution in [0.2, 0.25) is 0 Å². The van der Waals surface area contributed by atoms with E-state index in [1.54, 1.807) is 0 Å². The number of sulfone groups is 1. The third-order valence-corrected chi connectivity index (χ3v) is 9.12. The Morgan fingerprint density at radius 3 is 2.73 bits per heavy atom. The largest absolute Gasteiger partial charge is 0.369 e. The third kappa shape index (κ3) is 5.52. The number of nitrogens with one attached hydrogen (secondary N) is 1. The molecule has 1 aromatic carbocycles. The number of benzene rings is 1. The quantitative estimate of drug-likeness (QED) is 0.485. The van der Waals surface area contributed by atoms with Gasteiger partial charge in [-0.3, -0.25) is 4.79 Å². The molecule has 4 rings (SSSR count). The Morgan fingerprint density at radius 1 is 1.24 bits per heavy atom. The van der Waals surface area contributed by atoms with Crippen LogP contribution in [0.4, 0.5) is 5.82 Å². The number of unbranched alkanes of at least 4 members (excludes halogenated alkanes) is 1. The van der Waals surface area contributed by atoms with Crippen molar-refractivity contribution in [1.82, 2.24) is 14.9 Å². The monoisotopic (exact) mass is 486 g/mol. The number of amides is 1. The van der Waals surface area contributed by atoms with E-state index in [2.05, 4.69) is 22.2 Å². The second kappa shape index (κ2) is 10.2. The summed E-state index contributed by atoms with van der Waals surface area (Å²) in [6.45, 7) is 5.88. The van der Waals surface area contributed by atoms with Crippen molar-refractivity contribution in [2.45, 2.75) is 39.7 Å². The van der Waals surface area contributed by atoms with Crippen molar-refractivity contribution >= 4 is 43.1 Å². The molecule has 0 aliphatic carbocycles. The van der Waals surface area contributed by atoms with Gasteiger partial charge in [-0.1, -0.05) is 43.7 Å². The lowest BCUT2D eigenvalue weighted by Gasteiger charge is -2.22. The number of hydrogen-bond donors (Lipinski definition) is 1. The SMILES string of the molecule is CCCCN(Cc1ccccc1)C(=O)c1sc2ncnc(NC[C@H]3CCS(=O)(=O)C3)c2c1C. The predicted molar refractivity (Wildman–Crippen MR) is 133 cm³/mol. The molecule has 1 saturated heterocycles. The first-order chi connectivity index (χ1) is 15.9. The molecule has 0 saturated carbocycles. The Labute approximate surface area is 199 Å². The molecular formula is C24H30N4O3S2. The van der Waals surface area contributed by atoms with E-state index in [0.29, 0.717) is 36.8 Å². The van der Waals surface area contributed by atoms with Gasteiger partial charge in [-0.25, -0.2) is 18.4 Å². The molecule has 3 aromatic rings. The highest BCUT2D eigenvalue weighted by Gasteiger charge is 2.28. The Hall–Kier alpha value is -2.52. The molecule has 1 amide bonds. The fraction of sp³-hybridized carbons (Fsp3) is 0.458. The van der Waals surface area contributed by atoms with Crippen molar-refractivity contribution in [3.05, 3.63) is 52.7 Å². The van der Waals surface area contributed by atoms with Crippen LogP contribution in [0.15, 0.2) is 36.7 Å². The van der Waals surface area contributed by atoms with Gasteiger partial charge in [-0.15, -0.1) is 11.3 Å². The first-order valence-corrected chi connectivity index (χ1v) is 14.0. The summed E-state index contributed by atoms with van der Waals surface area (Å²) in [4.78, 5) is 25.8. The number of aromatic nitrogens is 2. The summed E-state index contributed by atoms with van der Waals surface area (Å²) < 4.78 is 23.5. The fourth-order valence-electron chi connectivity index (χ4n) is 4.23. The Balaban J connectivity index is 1.58. The normalized spacial score (nSPS) is 17.3. The average molecular weight is 487 g/mol. The lowest BCUT2D eigenvalue weighted by atomic mass is 10.1. The Bertz CT molecular complexity index is 1230. The minimum atomic E-state index is -2.92. The predicted octanol–water partition coefficient (Wildman–Crippen LogP) is 4.29. The summed E-state index contributed by atoms with van der Waals surface area (Å²) in [5, 5.41) is 4.18. The maximum Gasteiger partial charge on any atom is 0.264 e. The summed E-state index contributed by atoms with van der Waals surface area (Å²) in [6.07, 6.45) is 4.13. The van der Waals surface area contributed by atoms with Gasteiger partial charge in [-0.2, -0.15) is 0 Å². The van der Waals surface area contributed by atoms with E-state index in [1.165, 1.54) is 17.7 Å². The molecule has 1 fully saturated rings. The molecule has 7 nitrogen and oxygen atoms in total. The van der Waals surface area contributed by atoms with Crippen LogP contribution in [-0.4, -0.2) is 53.8 Å². The lowest BCUT2D eigenvalue weighted by molar-refractivity contribution is 0.0745. The fourth-order valence-corrected chi connectivity index (χ4v) is 7.21. The number of rotatable bonds is 9. The van der Waals surface area contributed by atoms with Gasteiger partial charge in [-0.05, 0) is 36.8 Å². The molecule has 2 aromatic heterocycles. The summed E-state index contributed by atoms with van der Waals surface area (Å²) in [6, 6.07) is 10.0. The number of hydrogen-bond acceptors (Lipinski definition) is 7. The molecule has 1 aliphatic heterocycles. The average Bonchev–Trinajstić information content (AvgIpc) is 3.34. The maximum absolute atomic E-state index is 13.6. The number of anilines is 1.